The molecule has 2 rings (SSSR count). The number of esters is 2. The molecule has 0 saturated carbocycles. The molecule has 0 bridgehead atoms. The molecule has 102 valence electrons. The lowest BCUT2D eigenvalue weighted by atomic mass is 9.91. The number of alkyl halides is 3. The Hall–Kier alpha value is -2.05. The van der Waals surface area contributed by atoms with Crippen LogP contribution < -0.4 is 4.74 Å². The van der Waals surface area contributed by atoms with Crippen molar-refractivity contribution in [1.29, 1.82) is 0 Å². The lowest BCUT2D eigenvalue weighted by molar-refractivity contribution is -0.274. The lowest BCUT2D eigenvalue weighted by Gasteiger charge is -2.20. The molecule has 0 radical (unpaired) electrons. The number of benzene rings is 1. The van der Waals surface area contributed by atoms with Crippen LogP contribution in [0.15, 0.2) is 24.3 Å². The molecule has 7 heteroatoms. The molecule has 1 saturated heterocycles. The molecule has 1 aliphatic rings. The van der Waals surface area contributed by atoms with Crippen molar-refractivity contribution in [2.45, 2.75) is 25.1 Å². The Kier molecular flexibility index (Phi) is 3.46. The Morgan fingerprint density at radius 2 is 1.79 bits per heavy atom. The van der Waals surface area contributed by atoms with Crippen molar-refractivity contribution in [1.82, 2.24) is 0 Å². The second-order valence-corrected chi connectivity index (χ2v) is 4.07. The second kappa shape index (κ2) is 4.91. The van der Waals surface area contributed by atoms with Gasteiger partial charge in [-0.15, -0.1) is 13.2 Å². The highest BCUT2D eigenvalue weighted by Crippen LogP contribution is 2.31. The fourth-order valence-electron chi connectivity index (χ4n) is 1.89. The zero-order valence-electron chi connectivity index (χ0n) is 9.57. The first kappa shape index (κ1) is 13.4. The van der Waals surface area contributed by atoms with E-state index in [9.17, 15) is 22.8 Å². The zero-order chi connectivity index (χ0) is 14.0. The maximum atomic E-state index is 12.1. The summed E-state index contributed by atoms with van der Waals surface area (Å²) in [6.45, 7) is 0. The van der Waals surface area contributed by atoms with Crippen LogP contribution in [-0.2, 0) is 14.3 Å². The third-order valence-electron chi connectivity index (χ3n) is 2.62. The van der Waals surface area contributed by atoms with Gasteiger partial charge in [-0.25, -0.2) is 0 Å². The van der Waals surface area contributed by atoms with Gasteiger partial charge in [-0.1, -0.05) is 12.1 Å². The Morgan fingerprint density at radius 3 is 2.37 bits per heavy atom. The highest BCUT2D eigenvalue weighted by molar-refractivity contribution is 5.89. The number of hydrogen-bond acceptors (Lipinski definition) is 4. The van der Waals surface area contributed by atoms with Crippen molar-refractivity contribution in [3.05, 3.63) is 29.8 Å². The first-order chi connectivity index (χ1) is 8.83. The van der Waals surface area contributed by atoms with E-state index in [2.05, 4.69) is 9.47 Å². The third-order valence-corrected chi connectivity index (χ3v) is 2.62. The van der Waals surface area contributed by atoms with Crippen LogP contribution in [0.3, 0.4) is 0 Å². The minimum absolute atomic E-state index is 0.0405. The first-order valence-corrected chi connectivity index (χ1v) is 5.43. The van der Waals surface area contributed by atoms with E-state index < -0.39 is 24.2 Å². The summed E-state index contributed by atoms with van der Waals surface area (Å²) in [5, 5.41) is 0. The monoisotopic (exact) mass is 274 g/mol. The first-order valence-electron chi connectivity index (χ1n) is 5.43. The maximum Gasteiger partial charge on any atom is 0.573 e. The van der Waals surface area contributed by atoms with Crippen molar-refractivity contribution in [3.63, 3.8) is 0 Å². The minimum atomic E-state index is -4.78. The van der Waals surface area contributed by atoms with Crippen molar-refractivity contribution in [3.8, 4) is 5.75 Å². The van der Waals surface area contributed by atoms with Crippen LogP contribution in [0.5, 0.6) is 5.75 Å². The van der Waals surface area contributed by atoms with Crippen LogP contribution in [0, 0.1) is 0 Å². The van der Waals surface area contributed by atoms with E-state index in [4.69, 9.17) is 0 Å². The van der Waals surface area contributed by atoms with Gasteiger partial charge in [-0.2, -0.15) is 0 Å². The average Bonchev–Trinajstić information content (AvgIpc) is 2.25. The molecule has 0 spiro atoms. The normalized spacial score (nSPS) is 17.2. The predicted octanol–water partition coefficient (Wildman–Crippen LogP) is 2.53. The SMILES string of the molecule is O=C1CC(c2cccc(OC(F)(F)F)c2)CC(=O)O1. The van der Waals surface area contributed by atoms with Crippen molar-refractivity contribution in [2.75, 3.05) is 0 Å². The van der Waals surface area contributed by atoms with E-state index in [0.29, 0.717) is 5.56 Å². The fourth-order valence-corrected chi connectivity index (χ4v) is 1.89. The second-order valence-electron chi connectivity index (χ2n) is 4.07. The molecular formula is C12H9F3O4. The summed E-state index contributed by atoms with van der Waals surface area (Å²) in [4.78, 5) is 22.2. The summed E-state index contributed by atoms with van der Waals surface area (Å²) in [6, 6.07) is 5.24. The van der Waals surface area contributed by atoms with Crippen LogP contribution in [0.2, 0.25) is 0 Å². The standard InChI is InChI=1S/C12H9F3O4/c13-12(14,15)19-9-3-1-2-7(4-9)8-5-10(16)18-11(17)6-8/h1-4,8H,5-6H2. The van der Waals surface area contributed by atoms with Gasteiger partial charge < -0.3 is 9.47 Å². The number of ether oxygens (including phenoxy) is 2. The van der Waals surface area contributed by atoms with Crippen LogP contribution in [-0.4, -0.2) is 18.3 Å². The summed E-state index contributed by atoms with van der Waals surface area (Å²) in [5.74, 6) is -2.21. The van der Waals surface area contributed by atoms with Crippen LogP contribution in [0.1, 0.15) is 24.3 Å². The molecular weight excluding hydrogens is 265 g/mol. The van der Waals surface area contributed by atoms with Crippen LogP contribution in [0.25, 0.3) is 0 Å². The van der Waals surface area contributed by atoms with Crippen molar-refractivity contribution in [2.24, 2.45) is 0 Å². The van der Waals surface area contributed by atoms with Gasteiger partial charge in [-0.05, 0) is 17.7 Å². The Bertz CT molecular complexity index is 494. The summed E-state index contributed by atoms with van der Waals surface area (Å²) in [5.41, 5.74) is 0.437. The number of halogens is 3. The quantitative estimate of drug-likeness (QED) is 0.614. The Labute approximate surface area is 106 Å². The third kappa shape index (κ3) is 3.70. The lowest BCUT2D eigenvalue weighted by Crippen LogP contribution is -2.24. The largest absolute Gasteiger partial charge is 0.573 e. The molecule has 0 N–H and O–H groups in total. The van der Waals surface area contributed by atoms with Crippen molar-refractivity contribution >= 4 is 11.9 Å². The molecule has 0 aliphatic carbocycles. The molecule has 0 amide bonds. The number of rotatable bonds is 2. The molecule has 1 aromatic rings. The van der Waals surface area contributed by atoms with Gasteiger partial charge in [0.15, 0.2) is 0 Å². The molecule has 4 nitrogen and oxygen atoms in total. The predicted molar refractivity (Wildman–Crippen MR) is 56.2 cm³/mol. The van der Waals surface area contributed by atoms with Crippen molar-refractivity contribution < 1.29 is 32.2 Å². The Balaban J connectivity index is 2.18. The van der Waals surface area contributed by atoms with Gasteiger partial charge in [0.1, 0.15) is 5.75 Å². The molecule has 19 heavy (non-hydrogen) atoms. The molecule has 0 aromatic heterocycles. The van der Waals surface area contributed by atoms with Gasteiger partial charge in [0, 0.05) is 5.92 Å². The highest BCUT2D eigenvalue weighted by Gasteiger charge is 2.32. The van der Waals surface area contributed by atoms with E-state index in [1.54, 1.807) is 6.07 Å². The molecule has 1 fully saturated rings. The molecule has 1 aliphatic heterocycles. The summed E-state index contributed by atoms with van der Waals surface area (Å²) < 4.78 is 44.4. The molecule has 0 unspecified atom stereocenters. The molecule has 1 aromatic carbocycles. The van der Waals surface area contributed by atoms with E-state index >= 15 is 0 Å². The average molecular weight is 274 g/mol. The smallest absolute Gasteiger partial charge is 0.406 e. The van der Waals surface area contributed by atoms with Crippen LogP contribution >= 0.6 is 0 Å². The number of carbonyl (C=O) groups is 2. The topological polar surface area (TPSA) is 52.6 Å². The number of cyclic esters (lactones) is 2. The fraction of sp³-hybridized carbons (Fsp3) is 0.333. The summed E-state index contributed by atoms with van der Waals surface area (Å²) in [7, 11) is 0. The number of carbonyl (C=O) groups excluding carboxylic acids is 2. The van der Waals surface area contributed by atoms with Crippen LogP contribution in [0.4, 0.5) is 13.2 Å². The molecule has 1 heterocycles. The van der Waals surface area contributed by atoms with Gasteiger partial charge in [0.25, 0.3) is 0 Å². The summed E-state index contributed by atoms with van der Waals surface area (Å²) >= 11 is 0. The van der Waals surface area contributed by atoms with E-state index in [-0.39, 0.29) is 18.6 Å². The van der Waals surface area contributed by atoms with Gasteiger partial charge in [0.2, 0.25) is 0 Å². The minimum Gasteiger partial charge on any atom is -0.406 e. The zero-order valence-corrected chi connectivity index (χ0v) is 9.57. The Morgan fingerprint density at radius 1 is 1.16 bits per heavy atom. The number of hydrogen-bond donors (Lipinski definition) is 0. The van der Waals surface area contributed by atoms with Gasteiger partial charge in [0.05, 0.1) is 12.8 Å². The van der Waals surface area contributed by atoms with Gasteiger partial charge >= 0.3 is 18.3 Å². The summed E-state index contributed by atoms with van der Waals surface area (Å²) in [6.07, 6.45) is -4.86. The maximum absolute atomic E-state index is 12.1. The van der Waals surface area contributed by atoms with E-state index in [0.717, 1.165) is 6.07 Å². The molecule has 0 atom stereocenters. The van der Waals surface area contributed by atoms with E-state index in [1.165, 1.54) is 12.1 Å². The van der Waals surface area contributed by atoms with Gasteiger partial charge in [-0.3, -0.25) is 9.59 Å². The highest BCUT2D eigenvalue weighted by atomic mass is 19.4. The van der Waals surface area contributed by atoms with E-state index in [1.807, 2.05) is 0 Å².